The van der Waals surface area contributed by atoms with E-state index in [9.17, 15) is 4.79 Å². The summed E-state index contributed by atoms with van der Waals surface area (Å²) in [7, 11) is 2.09. The van der Waals surface area contributed by atoms with Crippen molar-refractivity contribution in [2.24, 2.45) is 0 Å². The van der Waals surface area contributed by atoms with Gasteiger partial charge < -0.3 is 4.90 Å². The van der Waals surface area contributed by atoms with Crippen molar-refractivity contribution in [3.8, 4) is 0 Å². The van der Waals surface area contributed by atoms with Gasteiger partial charge in [0.15, 0.2) is 5.78 Å². The third-order valence-electron chi connectivity index (χ3n) is 5.28. The van der Waals surface area contributed by atoms with Gasteiger partial charge in [-0.2, -0.15) is 0 Å². The fourth-order valence-electron chi connectivity index (χ4n) is 3.91. The highest BCUT2D eigenvalue weighted by Crippen LogP contribution is 2.46. The highest BCUT2D eigenvalue weighted by atomic mass is 16.1. The van der Waals surface area contributed by atoms with Gasteiger partial charge in [0, 0.05) is 29.4 Å². The molecule has 2 aliphatic rings. The molecule has 2 aromatic rings. The van der Waals surface area contributed by atoms with Crippen LogP contribution in [0.5, 0.6) is 0 Å². The second kappa shape index (κ2) is 5.59. The van der Waals surface area contributed by atoms with Gasteiger partial charge in [0.25, 0.3) is 0 Å². The van der Waals surface area contributed by atoms with Gasteiger partial charge in [0.2, 0.25) is 0 Å². The molecule has 0 saturated carbocycles. The van der Waals surface area contributed by atoms with Gasteiger partial charge in [-0.1, -0.05) is 62.4 Å². The van der Waals surface area contributed by atoms with Gasteiger partial charge in [0.05, 0.1) is 0 Å². The van der Waals surface area contributed by atoms with Gasteiger partial charge in [0.1, 0.15) is 0 Å². The average molecular weight is 327 g/mol. The molecule has 0 bridgehead atoms. The summed E-state index contributed by atoms with van der Waals surface area (Å²) in [4.78, 5) is 14.6. The molecule has 1 aliphatic heterocycles. The first-order chi connectivity index (χ1) is 12.0. The van der Waals surface area contributed by atoms with Crippen molar-refractivity contribution < 1.29 is 4.79 Å². The maximum Gasteiger partial charge on any atom is 0.186 e. The van der Waals surface area contributed by atoms with Gasteiger partial charge in [-0.25, -0.2) is 0 Å². The van der Waals surface area contributed by atoms with Crippen molar-refractivity contribution in [2.45, 2.75) is 19.3 Å². The number of fused-ring (bicyclic) bond motifs is 2. The van der Waals surface area contributed by atoms with Crippen LogP contribution in [0.4, 0.5) is 5.69 Å². The summed E-state index contributed by atoms with van der Waals surface area (Å²) in [5.41, 5.74) is 6.50. The lowest BCUT2D eigenvalue weighted by Gasteiger charge is -2.24. The van der Waals surface area contributed by atoms with Crippen LogP contribution in [0, 0.1) is 0 Å². The summed E-state index contributed by atoms with van der Waals surface area (Å²) in [6.45, 7) is 4.46. The largest absolute Gasteiger partial charge is 0.347 e. The molecule has 0 radical (unpaired) electrons. The lowest BCUT2D eigenvalue weighted by Crippen LogP contribution is -2.22. The highest BCUT2D eigenvalue weighted by molar-refractivity contribution is 6.30. The van der Waals surface area contributed by atoms with Gasteiger partial charge in [-0.15, -0.1) is 0 Å². The van der Waals surface area contributed by atoms with Crippen LogP contribution in [-0.2, 0) is 10.2 Å². The van der Waals surface area contributed by atoms with Gasteiger partial charge >= 0.3 is 0 Å². The smallest absolute Gasteiger partial charge is 0.186 e. The third-order valence-corrected chi connectivity index (χ3v) is 5.28. The summed E-state index contributed by atoms with van der Waals surface area (Å²) >= 11 is 0. The number of benzene rings is 2. The lowest BCUT2D eigenvalue weighted by molar-refractivity contribution is -0.109. The zero-order valence-electron chi connectivity index (χ0n) is 14.8. The van der Waals surface area contributed by atoms with E-state index in [-0.39, 0.29) is 11.2 Å². The molecule has 2 aromatic carbocycles. The number of hydrogen-bond donors (Lipinski definition) is 0. The standard InChI is InChI=1S/C23H21NO/c1-23(2)19-10-6-7-11-20(19)24(3)22(23)15-13-18-17-9-5-4-8-16(17)12-14-21(18)25/h4-15H,1-3H3/b18-13-,22-15+. The fraction of sp³-hybridized carbons (Fsp3) is 0.174. The van der Waals surface area contributed by atoms with Crippen LogP contribution in [0.15, 0.2) is 72.5 Å². The average Bonchev–Trinajstić information content (AvgIpc) is 2.81. The topological polar surface area (TPSA) is 20.3 Å². The molecule has 0 unspecified atom stereocenters. The molecule has 0 spiro atoms. The van der Waals surface area contributed by atoms with Crippen molar-refractivity contribution in [1.82, 2.24) is 0 Å². The van der Waals surface area contributed by atoms with E-state index in [1.54, 1.807) is 6.08 Å². The third kappa shape index (κ3) is 2.37. The minimum absolute atomic E-state index is 0.0616. The van der Waals surface area contributed by atoms with Crippen molar-refractivity contribution >= 4 is 23.1 Å². The monoisotopic (exact) mass is 327 g/mol. The minimum atomic E-state index is -0.0878. The Bertz CT molecular complexity index is 960. The van der Waals surface area contributed by atoms with Gasteiger partial charge in [-0.05, 0) is 41.0 Å². The lowest BCUT2D eigenvalue weighted by atomic mass is 9.83. The summed E-state index contributed by atoms with van der Waals surface area (Å²) in [5, 5.41) is 0. The maximum absolute atomic E-state index is 12.4. The van der Waals surface area contributed by atoms with Crippen molar-refractivity contribution in [3.05, 3.63) is 89.1 Å². The molecule has 25 heavy (non-hydrogen) atoms. The molecule has 4 rings (SSSR count). The molecule has 2 nitrogen and oxygen atoms in total. The van der Waals surface area contributed by atoms with E-state index >= 15 is 0 Å². The van der Waals surface area contributed by atoms with Crippen LogP contribution < -0.4 is 4.90 Å². The fourth-order valence-corrected chi connectivity index (χ4v) is 3.91. The number of ketones is 1. The SMILES string of the molecule is CN1/C(=C/C=C2\C(=O)C=Cc3ccccc32)C(C)(C)c2ccccc21. The first-order valence-electron chi connectivity index (χ1n) is 8.57. The molecule has 0 amide bonds. The van der Waals surface area contributed by atoms with E-state index in [2.05, 4.69) is 56.1 Å². The van der Waals surface area contributed by atoms with E-state index in [0.29, 0.717) is 0 Å². The molecule has 0 saturated heterocycles. The molecule has 0 fully saturated rings. The number of carbonyl (C=O) groups is 1. The Labute approximate surface area is 148 Å². The predicted octanol–water partition coefficient (Wildman–Crippen LogP) is 4.98. The summed E-state index contributed by atoms with van der Waals surface area (Å²) in [5.74, 6) is 0.0616. The van der Waals surface area contributed by atoms with E-state index in [1.165, 1.54) is 16.9 Å². The molecular weight excluding hydrogens is 306 g/mol. The Morgan fingerprint density at radius 3 is 2.44 bits per heavy atom. The van der Waals surface area contributed by atoms with Crippen LogP contribution in [0.2, 0.25) is 0 Å². The van der Waals surface area contributed by atoms with Crippen LogP contribution >= 0.6 is 0 Å². The Morgan fingerprint density at radius 1 is 0.920 bits per heavy atom. The predicted molar refractivity (Wildman–Crippen MR) is 104 cm³/mol. The molecular formula is C23H21NO. The number of likely N-dealkylation sites (N-methyl/N-ethyl adjacent to an activating group) is 1. The zero-order valence-corrected chi connectivity index (χ0v) is 14.8. The van der Waals surface area contributed by atoms with Crippen molar-refractivity contribution in [3.63, 3.8) is 0 Å². The molecule has 2 heteroatoms. The van der Waals surface area contributed by atoms with Crippen molar-refractivity contribution in [1.29, 1.82) is 0 Å². The van der Waals surface area contributed by atoms with Crippen LogP contribution in [0.1, 0.15) is 30.5 Å². The number of nitrogens with zero attached hydrogens (tertiary/aromatic N) is 1. The molecule has 0 N–H and O–H groups in total. The highest BCUT2D eigenvalue weighted by Gasteiger charge is 2.37. The summed E-state index contributed by atoms with van der Waals surface area (Å²) in [6.07, 6.45) is 7.63. The second-order valence-electron chi connectivity index (χ2n) is 7.12. The Balaban J connectivity index is 1.81. The summed E-state index contributed by atoms with van der Waals surface area (Å²) < 4.78 is 0. The first-order valence-corrected chi connectivity index (χ1v) is 8.57. The number of anilines is 1. The van der Waals surface area contributed by atoms with Crippen LogP contribution in [0.25, 0.3) is 11.6 Å². The molecule has 124 valence electrons. The Morgan fingerprint density at radius 2 is 1.64 bits per heavy atom. The normalized spacial score (nSPS) is 20.9. The van der Waals surface area contributed by atoms with Crippen molar-refractivity contribution in [2.75, 3.05) is 11.9 Å². The second-order valence-corrected chi connectivity index (χ2v) is 7.12. The quantitative estimate of drug-likeness (QED) is 0.689. The van der Waals surface area contributed by atoms with E-state index in [4.69, 9.17) is 0 Å². The van der Waals surface area contributed by atoms with Crippen LogP contribution in [-0.4, -0.2) is 12.8 Å². The van der Waals surface area contributed by atoms with Gasteiger partial charge in [-0.3, -0.25) is 4.79 Å². The minimum Gasteiger partial charge on any atom is -0.347 e. The number of para-hydroxylation sites is 1. The number of hydrogen-bond acceptors (Lipinski definition) is 2. The Hall–Kier alpha value is -2.87. The number of rotatable bonds is 1. The Kier molecular flexibility index (Phi) is 3.50. The van der Waals surface area contributed by atoms with E-state index < -0.39 is 0 Å². The van der Waals surface area contributed by atoms with E-state index in [0.717, 1.165) is 16.7 Å². The number of allylic oxidation sites excluding steroid dienone is 5. The summed E-state index contributed by atoms with van der Waals surface area (Å²) in [6, 6.07) is 16.5. The molecule has 1 heterocycles. The molecule has 0 atom stereocenters. The van der Waals surface area contributed by atoms with E-state index in [1.807, 2.05) is 36.4 Å². The zero-order chi connectivity index (χ0) is 17.6. The maximum atomic E-state index is 12.4. The molecule has 1 aliphatic carbocycles. The number of carbonyl (C=O) groups excluding carboxylic acids is 1. The van der Waals surface area contributed by atoms with Crippen LogP contribution in [0.3, 0.4) is 0 Å². The first kappa shape index (κ1) is 15.6. The molecule has 0 aromatic heterocycles.